The lowest BCUT2D eigenvalue weighted by Gasteiger charge is -2.32. The van der Waals surface area contributed by atoms with Gasteiger partial charge in [0.05, 0.1) is 5.41 Å². The number of rotatable bonds is 6. The summed E-state index contributed by atoms with van der Waals surface area (Å²) in [4.78, 5) is 12.2. The molecule has 0 aromatic heterocycles. The first-order valence-corrected chi connectivity index (χ1v) is 7.51. The number of hydrogen-bond donors (Lipinski definition) is 1. The Bertz CT molecular complexity index is 338. The summed E-state index contributed by atoms with van der Waals surface area (Å²) in [5.74, 6) is 0.275. The van der Waals surface area contributed by atoms with Crippen molar-refractivity contribution >= 4 is 16.9 Å². The van der Waals surface area contributed by atoms with Gasteiger partial charge in [0.2, 0.25) is 0 Å². The molecule has 0 saturated heterocycles. The summed E-state index contributed by atoms with van der Waals surface area (Å²) in [5.41, 5.74) is 5.83. The fraction of sp³-hybridized carbons (Fsp3) is 0.917. The van der Waals surface area contributed by atoms with Crippen molar-refractivity contribution < 1.29 is 13.6 Å². The first-order chi connectivity index (χ1) is 8.39. The molecule has 1 aliphatic rings. The number of nitrogens with zero attached hydrogens (tertiary/aromatic N) is 1. The predicted molar refractivity (Wildman–Crippen MR) is 67.8 cm³/mol. The van der Waals surface area contributed by atoms with Gasteiger partial charge in [0.1, 0.15) is 11.2 Å². The second-order valence-corrected chi connectivity index (χ2v) is 6.56. The molecule has 0 bridgehead atoms. The van der Waals surface area contributed by atoms with Gasteiger partial charge in [-0.05, 0) is 30.8 Å². The van der Waals surface area contributed by atoms with Crippen LogP contribution < -0.4 is 0 Å². The van der Waals surface area contributed by atoms with E-state index in [0.717, 1.165) is 25.7 Å². The molecule has 18 heavy (non-hydrogen) atoms. The van der Waals surface area contributed by atoms with E-state index >= 15 is 0 Å². The average molecular weight is 273 g/mol. The second kappa shape index (κ2) is 6.52. The van der Waals surface area contributed by atoms with E-state index in [1.165, 1.54) is 6.42 Å². The fourth-order valence-electron chi connectivity index (χ4n) is 2.50. The van der Waals surface area contributed by atoms with Crippen LogP contribution in [0.5, 0.6) is 0 Å². The molecule has 2 atom stereocenters. The SMILES string of the molecule is CC(C)(C(=O)CC1CCCCC1)C(N=N)S(=O)[O-]. The number of Topliss-reactive ketones (excluding diaryl/α,β-unsaturated/α-hetero) is 1. The molecule has 1 fully saturated rings. The zero-order chi connectivity index (χ0) is 13.8. The van der Waals surface area contributed by atoms with Crippen LogP contribution in [0.1, 0.15) is 52.4 Å². The molecule has 1 saturated carbocycles. The third kappa shape index (κ3) is 3.68. The molecular formula is C12H21N2O3S-. The Hall–Kier alpha value is -0.620. The van der Waals surface area contributed by atoms with Gasteiger partial charge >= 0.3 is 0 Å². The van der Waals surface area contributed by atoms with E-state index in [9.17, 15) is 13.6 Å². The normalized spacial score (nSPS) is 21.3. The Labute approximate surface area is 111 Å². The lowest BCUT2D eigenvalue weighted by atomic mass is 9.78. The number of ketones is 1. The van der Waals surface area contributed by atoms with Crippen molar-refractivity contribution in [1.82, 2.24) is 0 Å². The van der Waals surface area contributed by atoms with E-state index in [1.54, 1.807) is 13.8 Å². The van der Waals surface area contributed by atoms with E-state index in [1.807, 2.05) is 0 Å². The van der Waals surface area contributed by atoms with Crippen LogP contribution in [0.4, 0.5) is 0 Å². The molecule has 0 spiro atoms. The van der Waals surface area contributed by atoms with Gasteiger partial charge in [-0.25, -0.2) is 5.53 Å². The Kier molecular flexibility index (Phi) is 5.59. The first-order valence-electron chi connectivity index (χ1n) is 6.37. The zero-order valence-corrected chi connectivity index (χ0v) is 11.8. The van der Waals surface area contributed by atoms with Gasteiger partial charge in [-0.3, -0.25) is 9.00 Å². The highest BCUT2D eigenvalue weighted by atomic mass is 32.2. The van der Waals surface area contributed by atoms with E-state index in [-0.39, 0.29) is 5.78 Å². The van der Waals surface area contributed by atoms with Crippen LogP contribution in [0.15, 0.2) is 5.11 Å². The number of carbonyl (C=O) groups excluding carboxylic acids is 1. The molecule has 0 amide bonds. The van der Waals surface area contributed by atoms with Crippen LogP contribution in [-0.2, 0) is 15.9 Å². The molecule has 0 aliphatic heterocycles. The van der Waals surface area contributed by atoms with Gasteiger partial charge in [-0.15, -0.1) is 0 Å². The van der Waals surface area contributed by atoms with Crippen LogP contribution in [0, 0.1) is 16.9 Å². The maximum atomic E-state index is 12.2. The van der Waals surface area contributed by atoms with E-state index in [0.29, 0.717) is 12.3 Å². The molecule has 1 aliphatic carbocycles. The predicted octanol–water partition coefficient (Wildman–Crippen LogP) is 2.79. The minimum absolute atomic E-state index is 0.0976. The van der Waals surface area contributed by atoms with Crippen LogP contribution in [-0.4, -0.2) is 19.9 Å². The standard InChI is InChI=1S/C12H22N2O3S/c1-12(2,11(14-13)18(16)17)10(15)8-9-6-4-3-5-7-9/h9,11,13H,3-8H2,1-2H3,(H,16,17)/p-1. The van der Waals surface area contributed by atoms with Crippen LogP contribution >= 0.6 is 0 Å². The summed E-state index contributed by atoms with van der Waals surface area (Å²) < 4.78 is 22.0. The number of hydrogen-bond acceptors (Lipinski definition) is 5. The molecule has 0 radical (unpaired) electrons. The first kappa shape index (κ1) is 15.4. The van der Waals surface area contributed by atoms with Gasteiger partial charge in [-0.1, -0.05) is 32.1 Å². The molecule has 1 rings (SSSR count). The fourth-order valence-corrected chi connectivity index (χ4v) is 3.20. The summed E-state index contributed by atoms with van der Waals surface area (Å²) in [6, 6.07) is 0. The van der Waals surface area contributed by atoms with Crippen molar-refractivity contribution in [2.45, 2.75) is 57.7 Å². The Morgan fingerprint density at radius 1 is 1.44 bits per heavy atom. The minimum Gasteiger partial charge on any atom is -0.771 e. The molecule has 0 aromatic rings. The minimum atomic E-state index is -2.52. The van der Waals surface area contributed by atoms with Crippen LogP contribution in [0.25, 0.3) is 0 Å². The van der Waals surface area contributed by atoms with E-state index in [2.05, 4.69) is 5.11 Å². The third-order valence-corrected chi connectivity index (χ3v) is 4.89. The zero-order valence-electron chi connectivity index (χ0n) is 11.0. The molecule has 6 heteroatoms. The van der Waals surface area contributed by atoms with E-state index in [4.69, 9.17) is 5.53 Å². The summed E-state index contributed by atoms with van der Waals surface area (Å²) in [5, 5.41) is 1.82. The van der Waals surface area contributed by atoms with Crippen molar-refractivity contribution in [2.75, 3.05) is 0 Å². The molecule has 0 aromatic carbocycles. The van der Waals surface area contributed by atoms with Gasteiger partial charge in [0, 0.05) is 6.42 Å². The summed E-state index contributed by atoms with van der Waals surface area (Å²) in [6.45, 7) is 3.13. The maximum Gasteiger partial charge on any atom is 0.144 e. The number of nitrogens with one attached hydrogen (secondary N) is 1. The summed E-state index contributed by atoms with van der Waals surface area (Å²) in [7, 11) is 0. The van der Waals surface area contributed by atoms with Crippen LogP contribution in [0.3, 0.4) is 0 Å². The molecular weight excluding hydrogens is 252 g/mol. The summed E-state index contributed by atoms with van der Waals surface area (Å²) in [6.07, 6.45) is 6.03. The van der Waals surface area contributed by atoms with Crippen molar-refractivity contribution in [3.8, 4) is 0 Å². The second-order valence-electron chi connectivity index (χ2n) is 5.59. The smallest absolute Gasteiger partial charge is 0.144 e. The summed E-state index contributed by atoms with van der Waals surface area (Å²) >= 11 is -2.52. The molecule has 2 unspecified atom stereocenters. The van der Waals surface area contributed by atoms with Crippen molar-refractivity contribution in [2.24, 2.45) is 16.4 Å². The highest BCUT2D eigenvalue weighted by molar-refractivity contribution is 7.79. The average Bonchev–Trinajstić information content (AvgIpc) is 2.30. The van der Waals surface area contributed by atoms with Gasteiger partial charge in [0.15, 0.2) is 0 Å². The van der Waals surface area contributed by atoms with Gasteiger partial charge in [0.25, 0.3) is 0 Å². The molecule has 0 heterocycles. The highest BCUT2D eigenvalue weighted by Gasteiger charge is 2.38. The van der Waals surface area contributed by atoms with Gasteiger partial charge in [-0.2, -0.15) is 5.11 Å². The Morgan fingerprint density at radius 2 is 2.00 bits per heavy atom. The Balaban J connectivity index is 2.67. The van der Waals surface area contributed by atoms with Crippen molar-refractivity contribution in [3.63, 3.8) is 0 Å². The topological polar surface area (TPSA) is 93.4 Å². The van der Waals surface area contributed by atoms with Gasteiger partial charge < -0.3 is 4.55 Å². The largest absolute Gasteiger partial charge is 0.771 e. The third-order valence-electron chi connectivity index (χ3n) is 3.83. The lowest BCUT2D eigenvalue weighted by Crippen LogP contribution is -2.39. The molecule has 1 N–H and O–H groups in total. The Morgan fingerprint density at radius 3 is 2.44 bits per heavy atom. The molecule has 5 nitrogen and oxygen atoms in total. The number of carbonyl (C=O) groups is 1. The van der Waals surface area contributed by atoms with Crippen molar-refractivity contribution in [3.05, 3.63) is 0 Å². The van der Waals surface area contributed by atoms with E-state index < -0.39 is 21.9 Å². The molecule has 104 valence electrons. The maximum absolute atomic E-state index is 12.2. The lowest BCUT2D eigenvalue weighted by molar-refractivity contribution is -0.128. The van der Waals surface area contributed by atoms with Crippen LogP contribution in [0.2, 0.25) is 0 Å². The quantitative estimate of drug-likeness (QED) is 0.595. The highest BCUT2D eigenvalue weighted by Crippen LogP contribution is 2.33. The van der Waals surface area contributed by atoms with Crippen molar-refractivity contribution in [1.29, 1.82) is 5.53 Å². The monoisotopic (exact) mass is 273 g/mol.